The highest BCUT2D eigenvalue weighted by Crippen LogP contribution is 2.31. The molecule has 2 aromatic carbocycles. The van der Waals surface area contributed by atoms with Crippen LogP contribution in [0.4, 0.5) is 13.2 Å². The summed E-state index contributed by atoms with van der Waals surface area (Å²) < 4.78 is 37.6. The van der Waals surface area contributed by atoms with E-state index in [1.54, 1.807) is 0 Å². The molecule has 1 atom stereocenters. The van der Waals surface area contributed by atoms with E-state index < -0.39 is 11.7 Å². The summed E-state index contributed by atoms with van der Waals surface area (Å²) in [5, 5.41) is 0. The summed E-state index contributed by atoms with van der Waals surface area (Å²) in [5.74, 6) is 0. The van der Waals surface area contributed by atoms with Gasteiger partial charge in [-0.15, -0.1) is 6.58 Å². The van der Waals surface area contributed by atoms with Gasteiger partial charge in [0.15, 0.2) is 0 Å². The second-order valence-electron chi connectivity index (χ2n) is 5.17. The minimum atomic E-state index is -4.31. The molecule has 22 heavy (non-hydrogen) atoms. The van der Waals surface area contributed by atoms with E-state index in [9.17, 15) is 13.2 Å². The van der Waals surface area contributed by atoms with Crippen molar-refractivity contribution in [1.29, 1.82) is 0 Å². The van der Waals surface area contributed by atoms with Gasteiger partial charge in [0, 0.05) is 6.04 Å². The molecule has 1 nitrogen and oxygen atoms in total. The lowest BCUT2D eigenvalue weighted by molar-refractivity contribution is -0.137. The molecule has 0 bridgehead atoms. The molecule has 0 aliphatic heterocycles. The molecule has 2 rings (SSSR count). The maximum Gasteiger partial charge on any atom is 0.416 e. The zero-order valence-corrected chi connectivity index (χ0v) is 12.1. The molecule has 2 aromatic rings. The zero-order chi connectivity index (χ0) is 16.2. The van der Waals surface area contributed by atoms with Crippen molar-refractivity contribution in [2.75, 3.05) is 0 Å². The maximum atomic E-state index is 12.5. The van der Waals surface area contributed by atoms with Crippen LogP contribution in [0.3, 0.4) is 0 Å². The number of hydrogen-bond acceptors (Lipinski definition) is 1. The third-order valence-corrected chi connectivity index (χ3v) is 3.57. The molecule has 2 N–H and O–H groups in total. The summed E-state index contributed by atoms with van der Waals surface area (Å²) in [7, 11) is 0. The molecule has 0 saturated heterocycles. The molecule has 0 aliphatic carbocycles. The molecular weight excluding hydrogens is 287 g/mol. The van der Waals surface area contributed by atoms with Crippen LogP contribution in [0, 0.1) is 0 Å². The Morgan fingerprint density at radius 2 is 1.45 bits per heavy atom. The normalized spacial score (nSPS) is 12.9. The lowest BCUT2D eigenvalue weighted by atomic mass is 9.98. The van der Waals surface area contributed by atoms with Gasteiger partial charge in [-0.05, 0) is 41.7 Å². The number of nitrogens with two attached hydrogens (primary N) is 1. The van der Waals surface area contributed by atoms with Crippen molar-refractivity contribution < 1.29 is 13.2 Å². The van der Waals surface area contributed by atoms with Crippen molar-refractivity contribution >= 4 is 0 Å². The van der Waals surface area contributed by atoms with Gasteiger partial charge in [0.05, 0.1) is 5.56 Å². The summed E-state index contributed by atoms with van der Waals surface area (Å²) >= 11 is 0. The van der Waals surface area contributed by atoms with Crippen molar-refractivity contribution in [3.8, 4) is 11.1 Å². The van der Waals surface area contributed by atoms with E-state index in [2.05, 4.69) is 6.58 Å². The Kier molecular flexibility index (Phi) is 5.03. The number of allylic oxidation sites excluding steroid dienone is 1. The van der Waals surface area contributed by atoms with Crippen LogP contribution in [0.5, 0.6) is 0 Å². The predicted octanol–water partition coefficient (Wildman–Crippen LogP) is 5.34. The maximum absolute atomic E-state index is 12.5. The largest absolute Gasteiger partial charge is 0.416 e. The smallest absolute Gasteiger partial charge is 0.324 e. The summed E-state index contributed by atoms with van der Waals surface area (Å²) in [6, 6.07) is 12.7. The first kappa shape index (κ1) is 16.3. The molecule has 116 valence electrons. The zero-order valence-electron chi connectivity index (χ0n) is 12.1. The highest BCUT2D eigenvalue weighted by Gasteiger charge is 2.29. The Balaban J connectivity index is 2.15. The summed E-state index contributed by atoms with van der Waals surface area (Å²) in [6.07, 6.45) is -0.804. The fourth-order valence-electron chi connectivity index (χ4n) is 2.24. The monoisotopic (exact) mass is 305 g/mol. The quantitative estimate of drug-likeness (QED) is 0.741. The number of alkyl halides is 3. The first-order chi connectivity index (χ1) is 10.4. The van der Waals surface area contributed by atoms with Crippen LogP contribution in [-0.2, 0) is 6.18 Å². The first-order valence-corrected chi connectivity index (χ1v) is 7.06. The van der Waals surface area contributed by atoms with Crippen molar-refractivity contribution in [2.45, 2.75) is 25.1 Å². The lowest BCUT2D eigenvalue weighted by Crippen LogP contribution is -2.09. The first-order valence-electron chi connectivity index (χ1n) is 7.06. The second-order valence-corrected chi connectivity index (χ2v) is 5.17. The Morgan fingerprint density at radius 3 is 1.91 bits per heavy atom. The van der Waals surface area contributed by atoms with Crippen LogP contribution < -0.4 is 5.73 Å². The van der Waals surface area contributed by atoms with Gasteiger partial charge in [-0.25, -0.2) is 0 Å². The topological polar surface area (TPSA) is 26.0 Å². The van der Waals surface area contributed by atoms with Gasteiger partial charge in [-0.1, -0.05) is 42.5 Å². The highest BCUT2D eigenvalue weighted by atomic mass is 19.4. The van der Waals surface area contributed by atoms with Gasteiger partial charge in [0.2, 0.25) is 0 Å². The van der Waals surface area contributed by atoms with Gasteiger partial charge in [0.1, 0.15) is 0 Å². The van der Waals surface area contributed by atoms with Gasteiger partial charge >= 0.3 is 6.18 Å². The molecule has 0 amide bonds. The number of hydrogen-bond donors (Lipinski definition) is 1. The van der Waals surface area contributed by atoms with Crippen molar-refractivity contribution in [3.63, 3.8) is 0 Å². The molecular formula is C18H18F3N. The molecule has 0 radical (unpaired) electrons. The standard InChI is InChI=1S/C18H18F3N/c1-2-3-4-17(22)15-7-5-13(6-8-15)14-9-11-16(12-10-14)18(19,20)21/h2,5-12,17H,1,3-4,22H2/t17-/m0/s1. The molecule has 0 saturated carbocycles. The van der Waals surface area contributed by atoms with Crippen molar-refractivity contribution in [1.82, 2.24) is 0 Å². The van der Waals surface area contributed by atoms with Gasteiger partial charge in [-0.3, -0.25) is 0 Å². The van der Waals surface area contributed by atoms with Gasteiger partial charge in [-0.2, -0.15) is 13.2 Å². The minimum Gasteiger partial charge on any atom is -0.324 e. The fourth-order valence-corrected chi connectivity index (χ4v) is 2.24. The molecule has 4 heteroatoms. The Bertz CT molecular complexity index is 612. The average molecular weight is 305 g/mol. The van der Waals surface area contributed by atoms with E-state index in [1.165, 1.54) is 12.1 Å². The highest BCUT2D eigenvalue weighted by molar-refractivity contribution is 5.64. The van der Waals surface area contributed by atoms with Gasteiger partial charge in [0.25, 0.3) is 0 Å². The minimum absolute atomic E-state index is 0.0559. The van der Waals surface area contributed by atoms with Crippen LogP contribution in [0.1, 0.15) is 30.0 Å². The van der Waals surface area contributed by atoms with E-state index in [0.717, 1.165) is 41.7 Å². The van der Waals surface area contributed by atoms with Crippen LogP contribution in [-0.4, -0.2) is 0 Å². The van der Waals surface area contributed by atoms with Crippen LogP contribution in [0.15, 0.2) is 61.2 Å². The Morgan fingerprint density at radius 1 is 0.955 bits per heavy atom. The third kappa shape index (κ3) is 3.98. The molecule has 0 unspecified atom stereocenters. The van der Waals surface area contributed by atoms with Crippen molar-refractivity contribution in [2.24, 2.45) is 5.73 Å². The number of rotatable bonds is 5. The Hall–Kier alpha value is -2.07. The molecule has 0 aliphatic rings. The van der Waals surface area contributed by atoms with E-state index in [0.29, 0.717) is 0 Å². The molecule has 0 heterocycles. The molecule has 0 aromatic heterocycles. The van der Waals surface area contributed by atoms with Crippen molar-refractivity contribution in [3.05, 3.63) is 72.3 Å². The van der Waals surface area contributed by atoms with E-state index in [1.807, 2.05) is 30.3 Å². The van der Waals surface area contributed by atoms with Crippen LogP contribution in [0.2, 0.25) is 0 Å². The van der Waals surface area contributed by atoms with Crippen LogP contribution >= 0.6 is 0 Å². The summed E-state index contributed by atoms with van der Waals surface area (Å²) in [4.78, 5) is 0. The predicted molar refractivity (Wildman–Crippen MR) is 83.2 cm³/mol. The van der Waals surface area contributed by atoms with E-state index in [4.69, 9.17) is 5.73 Å². The van der Waals surface area contributed by atoms with E-state index >= 15 is 0 Å². The average Bonchev–Trinajstić information content (AvgIpc) is 2.52. The molecule has 0 spiro atoms. The lowest BCUT2D eigenvalue weighted by Gasteiger charge is -2.12. The second kappa shape index (κ2) is 6.79. The van der Waals surface area contributed by atoms with Crippen LogP contribution in [0.25, 0.3) is 11.1 Å². The van der Waals surface area contributed by atoms with E-state index in [-0.39, 0.29) is 6.04 Å². The van der Waals surface area contributed by atoms with Gasteiger partial charge < -0.3 is 5.73 Å². The summed E-state index contributed by atoms with van der Waals surface area (Å²) in [6.45, 7) is 3.67. The molecule has 0 fully saturated rings. The Labute approximate surface area is 128 Å². The SMILES string of the molecule is C=CCC[C@H](N)c1ccc(-c2ccc(C(F)(F)F)cc2)cc1. The fraction of sp³-hybridized carbons (Fsp3) is 0.222. The third-order valence-electron chi connectivity index (χ3n) is 3.57. The summed E-state index contributed by atoms with van der Waals surface area (Å²) in [5.41, 5.74) is 8.05. The number of benzene rings is 2. The number of halogens is 3.